The van der Waals surface area contributed by atoms with Gasteiger partial charge in [0.15, 0.2) is 0 Å². The highest BCUT2D eigenvalue weighted by atomic mass is 35.5. The van der Waals surface area contributed by atoms with Crippen LogP contribution in [0, 0.1) is 0 Å². The van der Waals surface area contributed by atoms with Crippen LogP contribution in [-0.4, -0.2) is 39.6 Å². The van der Waals surface area contributed by atoms with Gasteiger partial charge in [0.05, 0.1) is 17.6 Å². The first kappa shape index (κ1) is 17.4. The van der Waals surface area contributed by atoms with Crippen LogP contribution < -0.4 is 0 Å². The highest BCUT2D eigenvalue weighted by Gasteiger charge is 2.20. The summed E-state index contributed by atoms with van der Waals surface area (Å²) in [6.45, 7) is 2.38. The van der Waals surface area contributed by atoms with E-state index in [4.69, 9.17) is 11.6 Å². The lowest BCUT2D eigenvalue weighted by Crippen LogP contribution is -2.21. The van der Waals surface area contributed by atoms with Gasteiger partial charge in [-0.25, -0.2) is 4.39 Å². The van der Waals surface area contributed by atoms with Gasteiger partial charge in [-0.05, 0) is 37.2 Å². The van der Waals surface area contributed by atoms with Crippen LogP contribution in [0.5, 0.6) is 0 Å². The zero-order valence-electron chi connectivity index (χ0n) is 14.9. The highest BCUT2D eigenvalue weighted by molar-refractivity contribution is 6.31. The lowest BCUT2D eigenvalue weighted by atomic mass is 10.1. The summed E-state index contributed by atoms with van der Waals surface area (Å²) in [7, 11) is 2.17. The molecule has 0 amide bonds. The van der Waals surface area contributed by atoms with Crippen LogP contribution in [0.1, 0.15) is 22.6 Å². The van der Waals surface area contributed by atoms with Crippen molar-refractivity contribution in [2.45, 2.75) is 32.5 Å². The molecule has 0 bridgehead atoms. The zero-order valence-corrected chi connectivity index (χ0v) is 15.6. The Balaban J connectivity index is 1.69. The van der Waals surface area contributed by atoms with Crippen LogP contribution in [-0.2, 0) is 32.5 Å². The molecule has 0 radical (unpaired) electrons. The number of nitrogens with zero attached hydrogens (tertiary/aromatic N) is 4. The van der Waals surface area contributed by atoms with E-state index < -0.39 is 6.67 Å². The fourth-order valence-corrected chi connectivity index (χ4v) is 3.96. The number of hydrogen-bond acceptors (Lipinski definition) is 3. The molecule has 1 aliphatic heterocycles. The lowest BCUT2D eigenvalue weighted by molar-refractivity contribution is 0.350. The van der Waals surface area contributed by atoms with Gasteiger partial charge in [0.1, 0.15) is 6.67 Å². The molecule has 1 aliphatic rings. The van der Waals surface area contributed by atoms with Crippen LogP contribution in [0.25, 0.3) is 10.9 Å². The summed E-state index contributed by atoms with van der Waals surface area (Å²) < 4.78 is 15.0. The maximum absolute atomic E-state index is 12.6. The number of likely N-dealkylation sites (N-methyl/N-ethyl adjacent to an activating group) is 1. The van der Waals surface area contributed by atoms with E-state index in [-0.39, 0.29) is 0 Å². The zero-order chi connectivity index (χ0) is 18.1. The largest absolute Gasteiger partial charge is 0.344 e. The standard InChI is InChI=1S/C20H22ClFN4/c1-25-7-5-17-18-10-14(21)2-3-19(18)26(20(17)6-8-25)9-4-15-12-24-16(11-22)13-23-15/h2-3,10,12-13H,4-9,11H2,1H3. The SMILES string of the molecule is CN1CCc2c(n(CCc3cnc(CF)cn3)c3ccc(Cl)cc23)CC1. The van der Waals surface area contributed by atoms with Crippen LogP contribution in [0.3, 0.4) is 0 Å². The first-order valence-corrected chi connectivity index (χ1v) is 9.37. The number of hydrogen-bond donors (Lipinski definition) is 0. The molecule has 1 aromatic carbocycles. The molecular formula is C20H22ClFN4. The number of rotatable bonds is 4. The van der Waals surface area contributed by atoms with Gasteiger partial charge in [0.2, 0.25) is 0 Å². The number of halogens is 2. The Hall–Kier alpha value is -1.98. The minimum atomic E-state index is -0.572. The number of benzene rings is 1. The number of fused-ring (bicyclic) bond motifs is 3. The third-order valence-corrected chi connectivity index (χ3v) is 5.44. The molecule has 0 atom stereocenters. The van der Waals surface area contributed by atoms with Gasteiger partial charge in [0, 0.05) is 60.3 Å². The van der Waals surface area contributed by atoms with Crippen molar-refractivity contribution in [2.75, 3.05) is 20.1 Å². The van der Waals surface area contributed by atoms with E-state index >= 15 is 0 Å². The summed E-state index contributed by atoms with van der Waals surface area (Å²) >= 11 is 6.27. The first-order valence-electron chi connectivity index (χ1n) is 8.99. The van der Waals surface area contributed by atoms with Crippen molar-refractivity contribution < 1.29 is 4.39 Å². The smallest absolute Gasteiger partial charge is 0.133 e. The molecular weight excluding hydrogens is 351 g/mol. The molecule has 0 N–H and O–H groups in total. The summed E-state index contributed by atoms with van der Waals surface area (Å²) in [5.41, 5.74) is 5.33. The van der Waals surface area contributed by atoms with E-state index in [1.54, 1.807) is 6.20 Å². The molecule has 0 saturated carbocycles. The Bertz CT molecular complexity index is 920. The van der Waals surface area contributed by atoms with Crippen LogP contribution in [0.2, 0.25) is 5.02 Å². The second-order valence-electron chi connectivity index (χ2n) is 6.92. The fraction of sp³-hybridized carbons (Fsp3) is 0.400. The van der Waals surface area contributed by atoms with E-state index in [2.05, 4.69) is 38.6 Å². The van der Waals surface area contributed by atoms with Crippen LogP contribution in [0.4, 0.5) is 4.39 Å². The van der Waals surface area contributed by atoms with E-state index in [1.165, 1.54) is 28.4 Å². The van der Waals surface area contributed by atoms with E-state index in [0.29, 0.717) is 5.69 Å². The van der Waals surface area contributed by atoms with Crippen molar-refractivity contribution in [1.29, 1.82) is 0 Å². The molecule has 0 saturated heterocycles. The van der Waals surface area contributed by atoms with Crippen molar-refractivity contribution >= 4 is 22.5 Å². The molecule has 6 heteroatoms. The molecule has 3 aromatic rings. The molecule has 2 aromatic heterocycles. The predicted octanol–water partition coefficient (Wildman–Crippen LogP) is 3.83. The summed E-state index contributed by atoms with van der Waals surface area (Å²) in [6, 6.07) is 6.17. The third kappa shape index (κ3) is 3.33. The molecule has 4 nitrogen and oxygen atoms in total. The van der Waals surface area contributed by atoms with Gasteiger partial charge >= 0.3 is 0 Å². The minimum Gasteiger partial charge on any atom is -0.344 e. The summed E-state index contributed by atoms with van der Waals surface area (Å²) in [6.07, 6.45) is 6.06. The van der Waals surface area contributed by atoms with Gasteiger partial charge in [-0.2, -0.15) is 0 Å². The quantitative estimate of drug-likeness (QED) is 0.698. The maximum atomic E-state index is 12.6. The number of aryl methyl sites for hydroxylation is 2. The Morgan fingerprint density at radius 2 is 1.88 bits per heavy atom. The second kappa shape index (κ2) is 7.33. The Kier molecular flexibility index (Phi) is 4.92. The van der Waals surface area contributed by atoms with Gasteiger partial charge < -0.3 is 9.47 Å². The van der Waals surface area contributed by atoms with E-state index in [0.717, 1.165) is 49.6 Å². The summed E-state index contributed by atoms with van der Waals surface area (Å²) in [5, 5.41) is 2.05. The molecule has 0 unspecified atom stereocenters. The van der Waals surface area contributed by atoms with Crippen LogP contribution in [0.15, 0.2) is 30.6 Å². The number of aromatic nitrogens is 3. The van der Waals surface area contributed by atoms with Crippen molar-refractivity contribution in [2.24, 2.45) is 0 Å². The molecule has 136 valence electrons. The normalized spacial score (nSPS) is 15.2. The first-order chi connectivity index (χ1) is 12.7. The molecule has 3 heterocycles. The average Bonchev–Trinajstić information content (AvgIpc) is 2.80. The molecule has 26 heavy (non-hydrogen) atoms. The monoisotopic (exact) mass is 372 g/mol. The van der Waals surface area contributed by atoms with E-state index in [1.807, 2.05) is 6.07 Å². The third-order valence-electron chi connectivity index (χ3n) is 5.21. The number of alkyl halides is 1. The van der Waals surface area contributed by atoms with Gasteiger partial charge in [0.25, 0.3) is 0 Å². The molecule has 0 spiro atoms. The van der Waals surface area contributed by atoms with Crippen molar-refractivity contribution in [3.8, 4) is 0 Å². The Morgan fingerprint density at radius 3 is 2.65 bits per heavy atom. The van der Waals surface area contributed by atoms with Crippen molar-refractivity contribution in [1.82, 2.24) is 19.4 Å². The average molecular weight is 373 g/mol. The van der Waals surface area contributed by atoms with Crippen LogP contribution >= 0.6 is 11.6 Å². The summed E-state index contributed by atoms with van der Waals surface area (Å²) in [5.74, 6) is 0. The van der Waals surface area contributed by atoms with E-state index in [9.17, 15) is 4.39 Å². The van der Waals surface area contributed by atoms with Crippen molar-refractivity contribution in [3.05, 3.63) is 58.3 Å². The maximum Gasteiger partial charge on any atom is 0.133 e. The van der Waals surface area contributed by atoms with Gasteiger partial charge in [-0.1, -0.05) is 11.6 Å². The Labute approximate surface area is 157 Å². The molecule has 4 rings (SSSR count). The minimum absolute atomic E-state index is 0.381. The lowest BCUT2D eigenvalue weighted by Gasteiger charge is -2.14. The molecule has 0 fully saturated rings. The fourth-order valence-electron chi connectivity index (χ4n) is 3.79. The predicted molar refractivity (Wildman–Crippen MR) is 102 cm³/mol. The topological polar surface area (TPSA) is 34.0 Å². The second-order valence-corrected chi connectivity index (χ2v) is 7.36. The van der Waals surface area contributed by atoms with Gasteiger partial charge in [-0.3, -0.25) is 9.97 Å². The molecule has 0 aliphatic carbocycles. The Morgan fingerprint density at radius 1 is 1.12 bits per heavy atom. The van der Waals surface area contributed by atoms with Crippen molar-refractivity contribution in [3.63, 3.8) is 0 Å². The van der Waals surface area contributed by atoms with Gasteiger partial charge in [-0.15, -0.1) is 0 Å². The highest BCUT2D eigenvalue weighted by Crippen LogP contribution is 2.31. The summed E-state index contributed by atoms with van der Waals surface area (Å²) in [4.78, 5) is 10.8.